The van der Waals surface area contributed by atoms with Crippen LogP contribution < -0.4 is 0 Å². The SMILES string of the molecule is C=CC=C1C(CCC)=CC=CC1=NC. The summed E-state index contributed by atoms with van der Waals surface area (Å²) in [5.74, 6) is 0. The molecule has 0 atom stereocenters. The van der Waals surface area contributed by atoms with Crippen LogP contribution in [0.15, 0.2) is 53.1 Å². The molecular formula is C13H17N. The van der Waals surface area contributed by atoms with E-state index in [0.717, 1.165) is 18.6 Å². The Balaban J connectivity index is 3.03. The zero-order valence-electron chi connectivity index (χ0n) is 8.96. The van der Waals surface area contributed by atoms with Gasteiger partial charge in [0.25, 0.3) is 0 Å². The molecule has 1 aliphatic carbocycles. The standard InChI is InChI=1S/C13H17N/c1-4-7-11-9-6-10-13(14-3)12(11)8-5-2/h5-6,8-10H,2,4,7H2,1,3H3. The van der Waals surface area contributed by atoms with Crippen LogP contribution in [0, 0.1) is 0 Å². The van der Waals surface area contributed by atoms with E-state index in [-0.39, 0.29) is 0 Å². The van der Waals surface area contributed by atoms with Crippen LogP contribution in [0.25, 0.3) is 0 Å². The molecule has 0 aromatic rings. The van der Waals surface area contributed by atoms with Crippen LogP contribution in [0.5, 0.6) is 0 Å². The molecule has 0 spiro atoms. The van der Waals surface area contributed by atoms with Crippen LogP contribution in [-0.2, 0) is 0 Å². The summed E-state index contributed by atoms with van der Waals surface area (Å²) in [4.78, 5) is 4.25. The van der Waals surface area contributed by atoms with Gasteiger partial charge in [0.2, 0.25) is 0 Å². The summed E-state index contributed by atoms with van der Waals surface area (Å²) in [6.07, 6.45) is 12.4. The van der Waals surface area contributed by atoms with E-state index in [9.17, 15) is 0 Å². The predicted molar refractivity (Wildman–Crippen MR) is 63.8 cm³/mol. The number of hydrogen-bond acceptors (Lipinski definition) is 1. The second-order valence-electron chi connectivity index (χ2n) is 3.23. The van der Waals surface area contributed by atoms with Gasteiger partial charge in [0.05, 0.1) is 5.71 Å². The van der Waals surface area contributed by atoms with Gasteiger partial charge in [-0.2, -0.15) is 0 Å². The van der Waals surface area contributed by atoms with Gasteiger partial charge < -0.3 is 0 Å². The Morgan fingerprint density at radius 1 is 1.50 bits per heavy atom. The molecule has 0 saturated carbocycles. The molecule has 0 unspecified atom stereocenters. The van der Waals surface area contributed by atoms with Crippen LogP contribution in [0.2, 0.25) is 0 Å². The van der Waals surface area contributed by atoms with E-state index in [1.807, 2.05) is 25.3 Å². The lowest BCUT2D eigenvalue weighted by Gasteiger charge is -2.14. The van der Waals surface area contributed by atoms with Crippen molar-refractivity contribution >= 4 is 5.71 Å². The third kappa shape index (κ3) is 2.32. The van der Waals surface area contributed by atoms with E-state index in [1.165, 1.54) is 11.1 Å². The number of rotatable bonds is 3. The summed E-state index contributed by atoms with van der Waals surface area (Å²) >= 11 is 0. The zero-order valence-corrected chi connectivity index (χ0v) is 8.96. The lowest BCUT2D eigenvalue weighted by atomic mass is 9.92. The second kappa shape index (κ2) is 5.38. The first-order chi connectivity index (χ1) is 6.83. The summed E-state index contributed by atoms with van der Waals surface area (Å²) < 4.78 is 0. The highest BCUT2D eigenvalue weighted by Crippen LogP contribution is 2.22. The van der Waals surface area contributed by atoms with Crippen LogP contribution in [-0.4, -0.2) is 12.8 Å². The Morgan fingerprint density at radius 3 is 2.86 bits per heavy atom. The highest BCUT2D eigenvalue weighted by Gasteiger charge is 2.10. The van der Waals surface area contributed by atoms with E-state index in [1.54, 1.807) is 0 Å². The average Bonchev–Trinajstić information content (AvgIpc) is 2.21. The largest absolute Gasteiger partial charge is 0.288 e. The van der Waals surface area contributed by atoms with Crippen molar-refractivity contribution in [2.75, 3.05) is 7.05 Å². The minimum atomic E-state index is 1.05. The highest BCUT2D eigenvalue weighted by molar-refractivity contribution is 6.12. The number of aliphatic imine (C=N–C) groups is 1. The molecule has 0 fully saturated rings. The molecule has 1 heteroatoms. The summed E-state index contributed by atoms with van der Waals surface area (Å²) in [5.41, 5.74) is 3.62. The summed E-state index contributed by atoms with van der Waals surface area (Å²) in [6, 6.07) is 0. The van der Waals surface area contributed by atoms with Gasteiger partial charge in [0.1, 0.15) is 0 Å². The molecule has 0 aliphatic heterocycles. The Hall–Kier alpha value is -1.37. The van der Waals surface area contributed by atoms with Crippen molar-refractivity contribution in [3.05, 3.63) is 48.1 Å². The van der Waals surface area contributed by atoms with Gasteiger partial charge >= 0.3 is 0 Å². The highest BCUT2D eigenvalue weighted by atomic mass is 14.7. The molecule has 1 rings (SSSR count). The number of hydrogen-bond donors (Lipinski definition) is 0. The molecule has 74 valence electrons. The molecule has 0 N–H and O–H groups in total. The lowest BCUT2D eigenvalue weighted by Crippen LogP contribution is -2.05. The molecule has 0 heterocycles. The molecular weight excluding hydrogens is 170 g/mol. The van der Waals surface area contributed by atoms with Crippen LogP contribution >= 0.6 is 0 Å². The quantitative estimate of drug-likeness (QED) is 0.641. The van der Waals surface area contributed by atoms with Crippen molar-refractivity contribution < 1.29 is 0 Å². The fourth-order valence-corrected chi connectivity index (χ4v) is 1.59. The van der Waals surface area contributed by atoms with Crippen molar-refractivity contribution in [2.45, 2.75) is 19.8 Å². The van der Waals surface area contributed by atoms with Crippen molar-refractivity contribution in [1.82, 2.24) is 0 Å². The van der Waals surface area contributed by atoms with Gasteiger partial charge in [-0.1, -0.05) is 44.2 Å². The monoisotopic (exact) mass is 187 g/mol. The van der Waals surface area contributed by atoms with Crippen molar-refractivity contribution in [3.63, 3.8) is 0 Å². The van der Waals surface area contributed by atoms with Gasteiger partial charge in [-0.25, -0.2) is 0 Å². The molecule has 14 heavy (non-hydrogen) atoms. The molecule has 0 saturated heterocycles. The molecule has 0 aromatic heterocycles. The molecule has 0 bridgehead atoms. The number of allylic oxidation sites excluding steroid dienone is 7. The van der Waals surface area contributed by atoms with Crippen molar-refractivity contribution in [1.29, 1.82) is 0 Å². The topological polar surface area (TPSA) is 12.4 Å². The van der Waals surface area contributed by atoms with Crippen LogP contribution in [0.4, 0.5) is 0 Å². The molecule has 0 aromatic carbocycles. The maximum atomic E-state index is 4.25. The molecule has 1 nitrogen and oxygen atoms in total. The maximum absolute atomic E-state index is 4.25. The van der Waals surface area contributed by atoms with Gasteiger partial charge in [0, 0.05) is 12.6 Å². The third-order valence-electron chi connectivity index (χ3n) is 2.22. The minimum absolute atomic E-state index is 1.05. The summed E-state index contributed by atoms with van der Waals surface area (Å²) in [7, 11) is 1.82. The Kier molecular flexibility index (Phi) is 4.11. The zero-order chi connectivity index (χ0) is 10.4. The summed E-state index contributed by atoms with van der Waals surface area (Å²) in [6.45, 7) is 5.92. The first-order valence-corrected chi connectivity index (χ1v) is 5.01. The van der Waals surface area contributed by atoms with Gasteiger partial charge in [-0.15, -0.1) is 0 Å². The van der Waals surface area contributed by atoms with E-state index < -0.39 is 0 Å². The maximum Gasteiger partial charge on any atom is 0.0645 e. The van der Waals surface area contributed by atoms with Gasteiger partial charge in [-0.3, -0.25) is 4.99 Å². The van der Waals surface area contributed by atoms with Crippen molar-refractivity contribution in [3.8, 4) is 0 Å². The number of nitrogens with zero attached hydrogens (tertiary/aromatic N) is 1. The van der Waals surface area contributed by atoms with Gasteiger partial charge in [0.15, 0.2) is 0 Å². The Labute approximate surface area is 86.2 Å². The minimum Gasteiger partial charge on any atom is -0.288 e. The normalized spacial score (nSPS) is 21.4. The van der Waals surface area contributed by atoms with E-state index in [2.05, 4.69) is 30.6 Å². The van der Waals surface area contributed by atoms with Gasteiger partial charge in [-0.05, 0) is 18.1 Å². The third-order valence-corrected chi connectivity index (χ3v) is 2.22. The Bertz CT molecular complexity index is 327. The van der Waals surface area contributed by atoms with E-state index in [4.69, 9.17) is 0 Å². The predicted octanol–water partition coefficient (Wildman–Crippen LogP) is 3.47. The average molecular weight is 187 g/mol. The second-order valence-corrected chi connectivity index (χ2v) is 3.23. The summed E-state index contributed by atoms with van der Waals surface area (Å²) in [5, 5.41) is 0. The fourth-order valence-electron chi connectivity index (χ4n) is 1.59. The van der Waals surface area contributed by atoms with E-state index in [0.29, 0.717) is 0 Å². The molecule has 0 amide bonds. The Morgan fingerprint density at radius 2 is 2.29 bits per heavy atom. The molecule has 1 aliphatic rings. The van der Waals surface area contributed by atoms with Crippen LogP contribution in [0.3, 0.4) is 0 Å². The lowest BCUT2D eigenvalue weighted by molar-refractivity contribution is 0.919. The smallest absolute Gasteiger partial charge is 0.0645 e. The van der Waals surface area contributed by atoms with Crippen LogP contribution in [0.1, 0.15) is 19.8 Å². The first-order valence-electron chi connectivity index (χ1n) is 5.01. The fraction of sp³-hybridized carbons (Fsp3) is 0.308. The molecule has 0 radical (unpaired) electrons. The first kappa shape index (κ1) is 10.7. The van der Waals surface area contributed by atoms with E-state index >= 15 is 0 Å². The van der Waals surface area contributed by atoms with Crippen molar-refractivity contribution in [2.24, 2.45) is 4.99 Å².